The Morgan fingerprint density at radius 1 is 1.22 bits per heavy atom. The lowest BCUT2D eigenvalue weighted by Crippen LogP contribution is -2.13. The molecule has 0 saturated carbocycles. The molecule has 0 amide bonds. The fraction of sp³-hybridized carbons (Fsp3) is 0.474. The van der Waals surface area contributed by atoms with Crippen molar-refractivity contribution in [2.45, 2.75) is 47.1 Å². The molecule has 0 spiro atoms. The quantitative estimate of drug-likeness (QED) is 0.714. The minimum Gasteiger partial charge on any atom is -0.461 e. The molecule has 1 aromatic heterocycles. The van der Waals surface area contributed by atoms with Gasteiger partial charge in [-0.05, 0) is 18.8 Å². The normalized spacial score (nSPS) is 11.0. The van der Waals surface area contributed by atoms with Crippen LogP contribution in [0.5, 0.6) is 0 Å². The Balaban J connectivity index is 2.52. The van der Waals surface area contributed by atoms with Gasteiger partial charge in [0.2, 0.25) is 0 Å². The van der Waals surface area contributed by atoms with E-state index in [0.29, 0.717) is 18.2 Å². The average molecular weight is 314 g/mol. The van der Waals surface area contributed by atoms with Crippen molar-refractivity contribution in [3.8, 4) is 11.4 Å². The van der Waals surface area contributed by atoms with E-state index in [9.17, 15) is 4.79 Å². The molecule has 1 aromatic carbocycles. The van der Waals surface area contributed by atoms with Crippen molar-refractivity contribution in [3.05, 3.63) is 41.7 Å². The van der Waals surface area contributed by atoms with Gasteiger partial charge in [-0.2, -0.15) is 0 Å². The molecule has 0 aliphatic rings. The van der Waals surface area contributed by atoms with Crippen LogP contribution < -0.4 is 0 Å². The van der Waals surface area contributed by atoms with Gasteiger partial charge >= 0.3 is 5.97 Å². The molecule has 1 heterocycles. The van der Waals surface area contributed by atoms with Gasteiger partial charge in [-0.3, -0.25) is 0 Å². The van der Waals surface area contributed by atoms with Crippen LogP contribution in [0, 0.1) is 5.92 Å². The van der Waals surface area contributed by atoms with Gasteiger partial charge in [-0.25, -0.2) is 9.78 Å². The Labute approximate surface area is 138 Å². The number of carbonyl (C=O) groups is 1. The molecule has 0 fully saturated rings. The van der Waals surface area contributed by atoms with Gasteiger partial charge in [0.15, 0.2) is 5.69 Å². The molecule has 0 aliphatic heterocycles. The summed E-state index contributed by atoms with van der Waals surface area (Å²) in [6.07, 6.45) is 1.56. The van der Waals surface area contributed by atoms with Gasteiger partial charge in [0.1, 0.15) is 5.82 Å². The molecule has 0 unspecified atom stereocenters. The Hall–Kier alpha value is -2.10. The van der Waals surface area contributed by atoms with E-state index in [-0.39, 0.29) is 5.97 Å². The third kappa shape index (κ3) is 4.01. The first kappa shape index (κ1) is 17.3. The highest BCUT2D eigenvalue weighted by atomic mass is 16.5. The first-order chi connectivity index (χ1) is 11.1. The number of ether oxygens (including phenoxy) is 1. The van der Waals surface area contributed by atoms with E-state index in [0.717, 1.165) is 36.5 Å². The number of imidazole rings is 1. The monoisotopic (exact) mass is 314 g/mol. The number of esters is 1. The highest BCUT2D eigenvalue weighted by Crippen LogP contribution is 2.25. The third-order valence-corrected chi connectivity index (χ3v) is 3.62. The Morgan fingerprint density at radius 3 is 2.48 bits per heavy atom. The summed E-state index contributed by atoms with van der Waals surface area (Å²) in [7, 11) is 0. The fourth-order valence-electron chi connectivity index (χ4n) is 2.64. The second-order valence-corrected chi connectivity index (χ2v) is 6.09. The molecule has 0 aliphatic carbocycles. The molecule has 0 bridgehead atoms. The summed E-state index contributed by atoms with van der Waals surface area (Å²) in [5.74, 6) is 1.000. The van der Waals surface area contributed by atoms with E-state index in [1.165, 1.54) is 0 Å². The van der Waals surface area contributed by atoms with Crippen molar-refractivity contribution in [1.29, 1.82) is 0 Å². The van der Waals surface area contributed by atoms with Gasteiger partial charge in [-0.15, -0.1) is 0 Å². The summed E-state index contributed by atoms with van der Waals surface area (Å²) in [6, 6.07) is 10.0. The molecule has 2 rings (SSSR count). The van der Waals surface area contributed by atoms with E-state index in [4.69, 9.17) is 4.74 Å². The number of carbonyl (C=O) groups excluding carboxylic acids is 1. The highest BCUT2D eigenvalue weighted by Gasteiger charge is 2.23. The van der Waals surface area contributed by atoms with Crippen molar-refractivity contribution in [2.24, 2.45) is 5.92 Å². The minimum absolute atomic E-state index is 0.316. The fourth-order valence-corrected chi connectivity index (χ4v) is 2.64. The lowest BCUT2D eigenvalue weighted by molar-refractivity contribution is 0.0497. The van der Waals surface area contributed by atoms with Gasteiger partial charge in [0, 0.05) is 12.1 Å². The van der Waals surface area contributed by atoms with Crippen molar-refractivity contribution in [2.75, 3.05) is 6.61 Å². The van der Waals surface area contributed by atoms with Crippen LogP contribution in [-0.4, -0.2) is 22.1 Å². The smallest absolute Gasteiger partial charge is 0.358 e. The standard InChI is InChI=1S/C19H26N2O2/c1-5-12-23-19(22)17-16(6-2)21(13-14(3)4)18(20-17)15-10-8-7-9-11-15/h7-11,14H,5-6,12-13H2,1-4H3. The maximum absolute atomic E-state index is 12.4. The van der Waals surface area contributed by atoms with E-state index in [1.54, 1.807) is 0 Å². The second kappa shape index (κ2) is 7.95. The van der Waals surface area contributed by atoms with E-state index in [1.807, 2.05) is 37.3 Å². The summed E-state index contributed by atoms with van der Waals surface area (Å²) in [6.45, 7) is 9.65. The first-order valence-corrected chi connectivity index (χ1v) is 8.40. The molecule has 0 atom stereocenters. The van der Waals surface area contributed by atoms with Crippen LogP contribution in [0.1, 0.15) is 50.3 Å². The zero-order valence-electron chi connectivity index (χ0n) is 14.5. The summed E-state index contributed by atoms with van der Waals surface area (Å²) in [5, 5.41) is 0. The van der Waals surface area contributed by atoms with Crippen LogP contribution in [0.25, 0.3) is 11.4 Å². The predicted octanol–water partition coefficient (Wildman–Crippen LogP) is 4.34. The number of rotatable bonds is 7. The number of benzene rings is 1. The van der Waals surface area contributed by atoms with E-state index >= 15 is 0 Å². The van der Waals surface area contributed by atoms with Crippen LogP contribution in [0.2, 0.25) is 0 Å². The van der Waals surface area contributed by atoms with Crippen molar-refractivity contribution < 1.29 is 9.53 Å². The Kier molecular flexibility index (Phi) is 5.97. The maximum Gasteiger partial charge on any atom is 0.358 e. The summed E-state index contributed by atoms with van der Waals surface area (Å²) >= 11 is 0. The largest absolute Gasteiger partial charge is 0.461 e. The van der Waals surface area contributed by atoms with Gasteiger partial charge < -0.3 is 9.30 Å². The molecule has 0 radical (unpaired) electrons. The van der Waals surface area contributed by atoms with Crippen LogP contribution in [0.3, 0.4) is 0 Å². The second-order valence-electron chi connectivity index (χ2n) is 6.09. The molecule has 124 valence electrons. The molecule has 0 N–H and O–H groups in total. The number of aromatic nitrogens is 2. The number of hydrogen-bond donors (Lipinski definition) is 0. The summed E-state index contributed by atoms with van der Waals surface area (Å²) < 4.78 is 7.48. The SMILES string of the molecule is CCCOC(=O)c1nc(-c2ccccc2)n(CC(C)C)c1CC. The van der Waals surface area contributed by atoms with Crippen molar-refractivity contribution in [1.82, 2.24) is 9.55 Å². The maximum atomic E-state index is 12.4. The molecule has 0 saturated heterocycles. The lowest BCUT2D eigenvalue weighted by atomic mass is 10.1. The van der Waals surface area contributed by atoms with Gasteiger partial charge in [0.25, 0.3) is 0 Å². The molecule has 4 heteroatoms. The number of hydrogen-bond acceptors (Lipinski definition) is 3. The van der Waals surface area contributed by atoms with Gasteiger partial charge in [0.05, 0.1) is 12.3 Å². The Bertz CT molecular complexity index is 645. The van der Waals surface area contributed by atoms with Crippen LogP contribution in [0.15, 0.2) is 30.3 Å². The molecule has 2 aromatic rings. The molecular formula is C19H26N2O2. The topological polar surface area (TPSA) is 44.1 Å². The van der Waals surface area contributed by atoms with Crippen LogP contribution in [0.4, 0.5) is 0 Å². The Morgan fingerprint density at radius 2 is 1.91 bits per heavy atom. The van der Waals surface area contributed by atoms with Crippen molar-refractivity contribution in [3.63, 3.8) is 0 Å². The van der Waals surface area contributed by atoms with E-state index in [2.05, 4.69) is 30.3 Å². The molecular weight excluding hydrogens is 288 g/mol. The lowest BCUT2D eigenvalue weighted by Gasteiger charge is -2.14. The van der Waals surface area contributed by atoms with Crippen LogP contribution in [-0.2, 0) is 17.7 Å². The minimum atomic E-state index is -0.316. The summed E-state index contributed by atoms with van der Waals surface area (Å²) in [4.78, 5) is 17.0. The molecule has 23 heavy (non-hydrogen) atoms. The third-order valence-electron chi connectivity index (χ3n) is 3.62. The van der Waals surface area contributed by atoms with Gasteiger partial charge in [-0.1, -0.05) is 58.0 Å². The number of nitrogens with zero attached hydrogens (tertiary/aromatic N) is 2. The zero-order valence-corrected chi connectivity index (χ0v) is 14.5. The first-order valence-electron chi connectivity index (χ1n) is 8.40. The highest BCUT2D eigenvalue weighted by molar-refractivity contribution is 5.89. The van der Waals surface area contributed by atoms with Crippen molar-refractivity contribution >= 4 is 5.97 Å². The van der Waals surface area contributed by atoms with Crippen LogP contribution >= 0.6 is 0 Å². The molecule has 4 nitrogen and oxygen atoms in total. The predicted molar refractivity (Wildman–Crippen MR) is 92.5 cm³/mol. The van der Waals surface area contributed by atoms with E-state index < -0.39 is 0 Å². The summed E-state index contributed by atoms with van der Waals surface area (Å²) in [5.41, 5.74) is 2.44. The zero-order chi connectivity index (χ0) is 16.8. The average Bonchev–Trinajstić information content (AvgIpc) is 2.91.